The van der Waals surface area contributed by atoms with Gasteiger partial charge in [-0.25, -0.2) is 0 Å². The average molecular weight is 260 g/mol. The van der Waals surface area contributed by atoms with E-state index >= 15 is 0 Å². The van der Waals surface area contributed by atoms with Gasteiger partial charge in [0, 0.05) is 6.54 Å². The van der Waals surface area contributed by atoms with Crippen LogP contribution in [0.3, 0.4) is 0 Å². The van der Waals surface area contributed by atoms with E-state index in [1.54, 1.807) is 0 Å². The van der Waals surface area contributed by atoms with Gasteiger partial charge in [-0.1, -0.05) is 42.7 Å². The third-order valence-corrected chi connectivity index (χ3v) is 3.67. The summed E-state index contributed by atoms with van der Waals surface area (Å²) in [4.78, 5) is 12.0. The van der Waals surface area contributed by atoms with Gasteiger partial charge in [0.05, 0.1) is 6.04 Å². The Hall–Kier alpha value is -1.35. The Morgan fingerprint density at radius 1 is 1.37 bits per heavy atom. The molecule has 1 aromatic rings. The van der Waals surface area contributed by atoms with Crippen molar-refractivity contribution in [2.24, 2.45) is 0 Å². The normalized spacial score (nSPS) is 19.7. The van der Waals surface area contributed by atoms with Crippen LogP contribution in [0.25, 0.3) is 0 Å². The minimum absolute atomic E-state index is 0.0139. The Morgan fingerprint density at radius 2 is 2.26 bits per heavy atom. The van der Waals surface area contributed by atoms with Crippen LogP contribution in [-0.4, -0.2) is 25.0 Å². The standard InChI is InChI=1S/C16H24N2O/c1-13-6-5-7-14(12-13)9-11-18-16(19)15-8-3-2-4-10-17-15/h5-7,12,15,17H,2-4,8-11H2,1H3,(H,18,19). The predicted molar refractivity (Wildman–Crippen MR) is 78.2 cm³/mol. The molecule has 1 aromatic carbocycles. The Kier molecular flexibility index (Phi) is 5.40. The molecule has 0 bridgehead atoms. The zero-order chi connectivity index (χ0) is 13.5. The first-order valence-corrected chi connectivity index (χ1v) is 7.32. The van der Waals surface area contributed by atoms with Gasteiger partial charge in [0.25, 0.3) is 0 Å². The van der Waals surface area contributed by atoms with Gasteiger partial charge in [-0.2, -0.15) is 0 Å². The monoisotopic (exact) mass is 260 g/mol. The van der Waals surface area contributed by atoms with E-state index in [9.17, 15) is 4.79 Å². The lowest BCUT2D eigenvalue weighted by Crippen LogP contribution is -2.44. The fourth-order valence-corrected chi connectivity index (χ4v) is 2.57. The molecular formula is C16H24N2O. The number of benzene rings is 1. The molecule has 1 heterocycles. The molecule has 2 N–H and O–H groups in total. The second-order valence-corrected chi connectivity index (χ2v) is 5.39. The van der Waals surface area contributed by atoms with E-state index in [2.05, 4.69) is 41.8 Å². The number of aryl methyl sites for hydroxylation is 1. The molecule has 0 spiro atoms. The molecule has 1 fully saturated rings. The molecule has 0 saturated carbocycles. The summed E-state index contributed by atoms with van der Waals surface area (Å²) < 4.78 is 0. The van der Waals surface area contributed by atoms with E-state index in [1.807, 2.05) is 0 Å². The molecular weight excluding hydrogens is 236 g/mol. The van der Waals surface area contributed by atoms with Crippen molar-refractivity contribution in [1.82, 2.24) is 10.6 Å². The highest BCUT2D eigenvalue weighted by atomic mass is 16.2. The first-order valence-electron chi connectivity index (χ1n) is 7.32. The Bertz CT molecular complexity index is 409. The second kappa shape index (κ2) is 7.29. The van der Waals surface area contributed by atoms with Crippen molar-refractivity contribution in [2.75, 3.05) is 13.1 Å². The molecule has 0 aliphatic carbocycles. The third-order valence-electron chi connectivity index (χ3n) is 3.67. The quantitative estimate of drug-likeness (QED) is 0.871. The molecule has 19 heavy (non-hydrogen) atoms. The highest BCUT2D eigenvalue weighted by molar-refractivity contribution is 5.81. The minimum atomic E-state index is 0.0139. The van der Waals surface area contributed by atoms with Crippen molar-refractivity contribution < 1.29 is 4.79 Å². The van der Waals surface area contributed by atoms with Gasteiger partial charge in [-0.05, 0) is 38.3 Å². The molecule has 0 radical (unpaired) electrons. The molecule has 1 aliphatic rings. The van der Waals surface area contributed by atoms with Crippen LogP contribution in [0.5, 0.6) is 0 Å². The van der Waals surface area contributed by atoms with Crippen LogP contribution >= 0.6 is 0 Å². The van der Waals surface area contributed by atoms with Crippen molar-refractivity contribution in [3.63, 3.8) is 0 Å². The smallest absolute Gasteiger partial charge is 0.237 e. The fourth-order valence-electron chi connectivity index (χ4n) is 2.57. The Morgan fingerprint density at radius 3 is 3.11 bits per heavy atom. The summed E-state index contributed by atoms with van der Waals surface area (Å²) in [5.41, 5.74) is 2.56. The first kappa shape index (κ1) is 14.1. The second-order valence-electron chi connectivity index (χ2n) is 5.39. The third kappa shape index (κ3) is 4.67. The van der Waals surface area contributed by atoms with Crippen molar-refractivity contribution in [3.8, 4) is 0 Å². The molecule has 1 amide bonds. The molecule has 3 nitrogen and oxygen atoms in total. The van der Waals surface area contributed by atoms with Crippen molar-refractivity contribution >= 4 is 5.91 Å². The van der Waals surface area contributed by atoms with E-state index in [1.165, 1.54) is 24.0 Å². The number of hydrogen-bond donors (Lipinski definition) is 2. The highest BCUT2D eigenvalue weighted by Gasteiger charge is 2.18. The molecule has 1 atom stereocenters. The maximum Gasteiger partial charge on any atom is 0.237 e. The van der Waals surface area contributed by atoms with Crippen LogP contribution in [-0.2, 0) is 11.2 Å². The van der Waals surface area contributed by atoms with E-state index in [4.69, 9.17) is 0 Å². The summed E-state index contributed by atoms with van der Waals surface area (Å²) in [6, 6.07) is 8.47. The summed E-state index contributed by atoms with van der Waals surface area (Å²) >= 11 is 0. The SMILES string of the molecule is Cc1cccc(CCNC(=O)C2CCCCCN2)c1. The van der Waals surface area contributed by atoms with Gasteiger partial charge < -0.3 is 10.6 Å². The molecule has 1 unspecified atom stereocenters. The lowest BCUT2D eigenvalue weighted by atomic mass is 10.1. The van der Waals surface area contributed by atoms with Crippen LogP contribution in [0, 0.1) is 6.92 Å². The van der Waals surface area contributed by atoms with Crippen LogP contribution in [0.1, 0.15) is 36.8 Å². The van der Waals surface area contributed by atoms with Crippen molar-refractivity contribution in [2.45, 2.75) is 45.1 Å². The van der Waals surface area contributed by atoms with Crippen LogP contribution in [0.4, 0.5) is 0 Å². The Balaban J connectivity index is 1.74. The molecule has 2 rings (SSSR count). The first-order chi connectivity index (χ1) is 9.25. The van der Waals surface area contributed by atoms with Gasteiger partial charge in [-0.3, -0.25) is 4.79 Å². The number of nitrogens with one attached hydrogen (secondary N) is 2. The van der Waals surface area contributed by atoms with Gasteiger partial charge in [0.2, 0.25) is 5.91 Å². The molecule has 0 aromatic heterocycles. The van der Waals surface area contributed by atoms with E-state index < -0.39 is 0 Å². The number of carbonyl (C=O) groups is 1. The maximum atomic E-state index is 12.0. The summed E-state index contributed by atoms with van der Waals surface area (Å²) in [5, 5.41) is 6.37. The lowest BCUT2D eigenvalue weighted by Gasteiger charge is -2.15. The molecule has 1 saturated heterocycles. The largest absolute Gasteiger partial charge is 0.354 e. The molecule has 1 aliphatic heterocycles. The van der Waals surface area contributed by atoms with E-state index in [-0.39, 0.29) is 11.9 Å². The number of carbonyl (C=O) groups excluding carboxylic acids is 1. The maximum absolute atomic E-state index is 12.0. The fraction of sp³-hybridized carbons (Fsp3) is 0.562. The van der Waals surface area contributed by atoms with Gasteiger partial charge in [-0.15, -0.1) is 0 Å². The van der Waals surface area contributed by atoms with Crippen molar-refractivity contribution in [1.29, 1.82) is 0 Å². The van der Waals surface area contributed by atoms with E-state index in [0.717, 1.165) is 32.4 Å². The van der Waals surface area contributed by atoms with Gasteiger partial charge in [0.1, 0.15) is 0 Å². The molecule has 104 valence electrons. The van der Waals surface area contributed by atoms with E-state index in [0.29, 0.717) is 0 Å². The van der Waals surface area contributed by atoms with Crippen LogP contribution in [0.2, 0.25) is 0 Å². The van der Waals surface area contributed by atoms with Gasteiger partial charge >= 0.3 is 0 Å². The predicted octanol–water partition coefficient (Wildman–Crippen LogP) is 2.19. The number of rotatable bonds is 4. The van der Waals surface area contributed by atoms with Crippen LogP contribution < -0.4 is 10.6 Å². The number of hydrogen-bond acceptors (Lipinski definition) is 2. The topological polar surface area (TPSA) is 41.1 Å². The van der Waals surface area contributed by atoms with Crippen molar-refractivity contribution in [3.05, 3.63) is 35.4 Å². The summed E-state index contributed by atoms with van der Waals surface area (Å²) in [6.45, 7) is 3.79. The zero-order valence-electron chi connectivity index (χ0n) is 11.7. The summed E-state index contributed by atoms with van der Waals surface area (Å²) in [6.07, 6.45) is 5.45. The summed E-state index contributed by atoms with van der Waals surface area (Å²) in [5.74, 6) is 0.162. The minimum Gasteiger partial charge on any atom is -0.354 e. The lowest BCUT2D eigenvalue weighted by molar-refractivity contribution is -0.123. The van der Waals surface area contributed by atoms with Crippen LogP contribution in [0.15, 0.2) is 24.3 Å². The zero-order valence-corrected chi connectivity index (χ0v) is 11.7. The van der Waals surface area contributed by atoms with Gasteiger partial charge in [0.15, 0.2) is 0 Å². The average Bonchev–Trinajstić information content (AvgIpc) is 2.67. The summed E-state index contributed by atoms with van der Waals surface area (Å²) in [7, 11) is 0. The number of amides is 1. The molecule has 3 heteroatoms. The highest BCUT2D eigenvalue weighted by Crippen LogP contribution is 2.08. The Labute approximate surface area is 115 Å².